The quantitative estimate of drug-likeness (QED) is 0.770. The second-order valence-corrected chi connectivity index (χ2v) is 6.60. The fourth-order valence-electron chi connectivity index (χ4n) is 2.74. The van der Waals surface area contributed by atoms with E-state index >= 15 is 0 Å². The van der Waals surface area contributed by atoms with Gasteiger partial charge in [-0.3, -0.25) is 9.69 Å². The van der Waals surface area contributed by atoms with E-state index in [-0.39, 0.29) is 18.0 Å². The van der Waals surface area contributed by atoms with Gasteiger partial charge in [0.2, 0.25) is 0 Å². The van der Waals surface area contributed by atoms with E-state index < -0.39 is 6.03 Å². The number of benzene rings is 2. The maximum Gasteiger partial charge on any atom is 0.325 e. The van der Waals surface area contributed by atoms with Crippen molar-refractivity contribution in [2.24, 2.45) is 0 Å². The first kappa shape index (κ1) is 19.4. The normalized spacial score (nSPS) is 12.6. The number of nitrogens with one attached hydrogen (secondary N) is 1. The minimum absolute atomic E-state index is 0.200. The summed E-state index contributed by atoms with van der Waals surface area (Å²) in [6, 6.07) is 18.3. The van der Waals surface area contributed by atoms with Gasteiger partial charge in [-0.1, -0.05) is 66.2 Å². The monoisotopic (exact) mass is 350 g/mol. The molecule has 0 saturated heterocycles. The van der Waals surface area contributed by atoms with Crippen LogP contribution >= 0.6 is 0 Å². The van der Waals surface area contributed by atoms with Crippen molar-refractivity contribution in [2.75, 3.05) is 0 Å². The molecule has 0 fully saturated rings. The van der Waals surface area contributed by atoms with Crippen LogP contribution in [0.2, 0.25) is 0 Å². The zero-order valence-corrected chi connectivity index (χ0v) is 15.8. The third kappa shape index (κ3) is 5.06. The Kier molecular flexibility index (Phi) is 6.73. The fourth-order valence-corrected chi connectivity index (χ4v) is 2.74. The summed E-state index contributed by atoms with van der Waals surface area (Å²) >= 11 is 0. The highest BCUT2D eigenvalue weighted by atomic mass is 16.2. The molecular weight excluding hydrogens is 324 g/mol. The molecule has 0 spiro atoms. The molecule has 0 aromatic heterocycles. The van der Waals surface area contributed by atoms with Gasteiger partial charge in [0.1, 0.15) is 0 Å². The van der Waals surface area contributed by atoms with E-state index in [1.807, 2.05) is 88.4 Å². The zero-order valence-electron chi connectivity index (χ0n) is 15.8. The van der Waals surface area contributed by atoms with Crippen LogP contribution in [-0.4, -0.2) is 16.8 Å². The van der Waals surface area contributed by atoms with Crippen molar-refractivity contribution in [3.8, 4) is 0 Å². The second-order valence-electron chi connectivity index (χ2n) is 6.60. The van der Waals surface area contributed by atoms with Crippen LogP contribution < -0.4 is 5.32 Å². The van der Waals surface area contributed by atoms with Crippen molar-refractivity contribution < 1.29 is 9.59 Å². The summed E-state index contributed by atoms with van der Waals surface area (Å²) in [5.41, 5.74) is 2.75. The molecule has 3 amide bonds. The van der Waals surface area contributed by atoms with Crippen LogP contribution in [-0.2, 0) is 4.79 Å². The molecule has 2 aromatic carbocycles. The summed E-state index contributed by atoms with van der Waals surface area (Å²) < 4.78 is 0. The van der Waals surface area contributed by atoms with E-state index in [2.05, 4.69) is 5.32 Å². The van der Waals surface area contributed by atoms with E-state index in [9.17, 15) is 9.59 Å². The minimum Gasteiger partial charge on any atom is -0.331 e. The maximum absolute atomic E-state index is 12.9. The number of nitrogens with zero attached hydrogens (tertiary/aromatic N) is 1. The predicted molar refractivity (Wildman–Crippen MR) is 105 cm³/mol. The first-order valence-corrected chi connectivity index (χ1v) is 8.78. The van der Waals surface area contributed by atoms with Crippen molar-refractivity contribution in [2.45, 2.75) is 39.8 Å². The van der Waals surface area contributed by atoms with Crippen LogP contribution in [0.25, 0.3) is 0 Å². The summed E-state index contributed by atoms with van der Waals surface area (Å²) in [5.74, 6) is -0.320. The van der Waals surface area contributed by atoms with E-state index in [1.54, 1.807) is 0 Å². The van der Waals surface area contributed by atoms with Crippen LogP contribution in [0.15, 0.2) is 72.3 Å². The molecule has 1 N–H and O–H groups in total. The van der Waals surface area contributed by atoms with E-state index in [1.165, 1.54) is 11.0 Å². The highest BCUT2D eigenvalue weighted by Crippen LogP contribution is 2.22. The van der Waals surface area contributed by atoms with E-state index in [4.69, 9.17) is 0 Å². The molecule has 4 nitrogen and oxygen atoms in total. The van der Waals surface area contributed by atoms with Gasteiger partial charge >= 0.3 is 6.03 Å². The van der Waals surface area contributed by atoms with Crippen molar-refractivity contribution >= 4 is 11.9 Å². The molecule has 26 heavy (non-hydrogen) atoms. The molecule has 0 heterocycles. The first-order valence-electron chi connectivity index (χ1n) is 8.78. The smallest absolute Gasteiger partial charge is 0.325 e. The number of carbonyl (C=O) groups excluding carboxylic acids is 2. The molecule has 0 bridgehead atoms. The lowest BCUT2D eigenvalue weighted by Gasteiger charge is -2.29. The summed E-state index contributed by atoms with van der Waals surface area (Å²) in [7, 11) is 0. The Morgan fingerprint density at radius 2 is 1.38 bits per heavy atom. The molecule has 4 heteroatoms. The summed E-state index contributed by atoms with van der Waals surface area (Å²) in [4.78, 5) is 26.9. The molecule has 0 radical (unpaired) electrons. The molecule has 0 aliphatic carbocycles. The minimum atomic E-state index is -0.403. The molecule has 136 valence electrons. The van der Waals surface area contributed by atoms with Crippen LogP contribution in [0.1, 0.15) is 50.9 Å². The van der Waals surface area contributed by atoms with Gasteiger partial charge in [-0.25, -0.2) is 4.79 Å². The molecule has 2 atom stereocenters. The lowest BCUT2D eigenvalue weighted by molar-refractivity contribution is -0.124. The number of rotatable bonds is 5. The van der Waals surface area contributed by atoms with Gasteiger partial charge in [-0.05, 0) is 38.8 Å². The predicted octanol–water partition coefficient (Wildman–Crippen LogP) is 5.01. The lowest BCUT2D eigenvalue weighted by atomic mass is 10.1. The number of hydrogen-bond acceptors (Lipinski definition) is 2. The van der Waals surface area contributed by atoms with Gasteiger partial charge < -0.3 is 5.32 Å². The SMILES string of the molecule is CC(C)=CC(=O)N(C(=O)N[C@@H](C)c1ccccc1)[C@@H](C)c1ccccc1. The Hall–Kier alpha value is -2.88. The summed E-state index contributed by atoms with van der Waals surface area (Å²) in [6.45, 7) is 7.45. The molecule has 0 aliphatic rings. The van der Waals surface area contributed by atoms with Gasteiger partial charge in [-0.15, -0.1) is 0 Å². The average molecular weight is 350 g/mol. The molecular formula is C22H26N2O2. The Bertz CT molecular complexity index is 765. The molecule has 2 rings (SSSR count). The standard InChI is InChI=1S/C22H26N2O2/c1-16(2)15-21(25)24(18(4)20-13-9-6-10-14-20)22(26)23-17(3)19-11-7-5-8-12-19/h5-15,17-18H,1-4H3,(H,23,26)/t17-,18-/m0/s1. The number of hydrogen-bond donors (Lipinski definition) is 1. The Morgan fingerprint density at radius 1 is 0.885 bits per heavy atom. The largest absolute Gasteiger partial charge is 0.331 e. The molecule has 0 unspecified atom stereocenters. The number of carbonyl (C=O) groups is 2. The van der Waals surface area contributed by atoms with E-state index in [0.29, 0.717) is 0 Å². The molecule has 0 aliphatic heterocycles. The number of imide groups is 1. The van der Waals surface area contributed by atoms with Crippen molar-refractivity contribution in [1.82, 2.24) is 10.2 Å². The van der Waals surface area contributed by atoms with Crippen LogP contribution in [0, 0.1) is 0 Å². The van der Waals surface area contributed by atoms with Crippen molar-refractivity contribution in [1.29, 1.82) is 0 Å². The van der Waals surface area contributed by atoms with Gasteiger partial charge in [0.25, 0.3) is 5.91 Å². The van der Waals surface area contributed by atoms with Gasteiger partial charge in [-0.2, -0.15) is 0 Å². The molecule has 2 aromatic rings. The van der Waals surface area contributed by atoms with Gasteiger partial charge in [0, 0.05) is 6.08 Å². The summed E-state index contributed by atoms with van der Waals surface area (Å²) in [5, 5.41) is 2.94. The van der Waals surface area contributed by atoms with Crippen molar-refractivity contribution in [3.05, 3.63) is 83.4 Å². The van der Waals surface area contributed by atoms with Crippen LogP contribution in [0.3, 0.4) is 0 Å². The van der Waals surface area contributed by atoms with Gasteiger partial charge in [0.15, 0.2) is 0 Å². The average Bonchev–Trinajstić information content (AvgIpc) is 2.62. The van der Waals surface area contributed by atoms with Crippen LogP contribution in [0.4, 0.5) is 4.79 Å². The Balaban J connectivity index is 2.26. The number of allylic oxidation sites excluding steroid dienone is 1. The number of amides is 3. The van der Waals surface area contributed by atoms with E-state index in [0.717, 1.165) is 16.7 Å². The third-order valence-corrected chi connectivity index (χ3v) is 4.18. The van der Waals surface area contributed by atoms with Crippen LogP contribution in [0.5, 0.6) is 0 Å². The highest BCUT2D eigenvalue weighted by molar-refractivity contribution is 6.01. The first-order chi connectivity index (χ1) is 12.4. The zero-order chi connectivity index (χ0) is 19.1. The molecule has 0 saturated carbocycles. The number of urea groups is 1. The highest BCUT2D eigenvalue weighted by Gasteiger charge is 2.27. The summed E-state index contributed by atoms with van der Waals surface area (Å²) in [6.07, 6.45) is 1.49. The fraction of sp³-hybridized carbons (Fsp3) is 0.273. The maximum atomic E-state index is 12.9. The Labute approximate surface area is 155 Å². The third-order valence-electron chi connectivity index (χ3n) is 4.18. The van der Waals surface area contributed by atoms with Crippen molar-refractivity contribution in [3.63, 3.8) is 0 Å². The topological polar surface area (TPSA) is 49.4 Å². The van der Waals surface area contributed by atoms with Gasteiger partial charge in [0.05, 0.1) is 12.1 Å². The second kappa shape index (κ2) is 8.99. The Morgan fingerprint density at radius 3 is 1.88 bits per heavy atom. The lowest BCUT2D eigenvalue weighted by Crippen LogP contribution is -2.45.